The van der Waals surface area contributed by atoms with Crippen LogP contribution in [0.3, 0.4) is 0 Å². The van der Waals surface area contributed by atoms with Crippen molar-refractivity contribution in [2.45, 2.75) is 9.92 Å². The van der Waals surface area contributed by atoms with Crippen molar-refractivity contribution in [1.29, 1.82) is 0 Å². The smallest absolute Gasteiger partial charge is 0.236 e. The van der Waals surface area contributed by atoms with E-state index in [2.05, 4.69) is 20.9 Å². The van der Waals surface area contributed by atoms with Crippen molar-refractivity contribution >= 4 is 43.3 Å². The average Bonchev–Trinajstić information content (AvgIpc) is 3.15. The number of sulfone groups is 1. The molecule has 6 nitrogen and oxygen atoms in total. The molecule has 0 radical (unpaired) electrons. The van der Waals surface area contributed by atoms with Gasteiger partial charge in [0.1, 0.15) is 0 Å². The summed E-state index contributed by atoms with van der Waals surface area (Å²) in [6.07, 6.45) is 0. The number of rotatable bonds is 4. The normalized spacial score (nSPS) is 15.0. The minimum Gasteiger partial charge on any atom is -0.419 e. The summed E-state index contributed by atoms with van der Waals surface area (Å²) in [5.41, 5.74) is 0.610. The first kappa shape index (κ1) is 19.4. The highest BCUT2D eigenvalue weighted by atomic mass is 79.9. The molecule has 1 saturated heterocycles. The third-order valence-corrected chi connectivity index (χ3v) is 6.76. The van der Waals surface area contributed by atoms with Crippen LogP contribution in [0.2, 0.25) is 5.02 Å². The lowest BCUT2D eigenvalue weighted by Gasteiger charge is -2.26. The standard InChI is InChI=1S/C19H16BrClN2O4S/c20-14-4-6-16(7-5-14)28(24,25)18-19(23-8-10-26-11-9-23)27-17(22-18)13-2-1-3-15(21)12-13/h1-7,12H,8-11H2. The van der Waals surface area contributed by atoms with Crippen LogP contribution in [0.5, 0.6) is 0 Å². The minimum atomic E-state index is -3.87. The summed E-state index contributed by atoms with van der Waals surface area (Å²) in [4.78, 5) is 6.35. The van der Waals surface area contributed by atoms with E-state index < -0.39 is 9.84 Å². The second-order valence-corrected chi connectivity index (χ2v) is 9.41. The van der Waals surface area contributed by atoms with E-state index in [1.165, 1.54) is 12.1 Å². The first-order valence-electron chi connectivity index (χ1n) is 8.55. The highest BCUT2D eigenvalue weighted by molar-refractivity contribution is 9.10. The van der Waals surface area contributed by atoms with Crippen LogP contribution in [0.1, 0.15) is 0 Å². The Morgan fingerprint density at radius 3 is 2.46 bits per heavy atom. The van der Waals surface area contributed by atoms with Crippen molar-refractivity contribution in [3.8, 4) is 11.5 Å². The third-order valence-electron chi connectivity index (χ3n) is 4.33. The Morgan fingerprint density at radius 1 is 1.07 bits per heavy atom. The molecule has 4 rings (SSSR count). The van der Waals surface area contributed by atoms with Gasteiger partial charge in [0.25, 0.3) is 0 Å². The molecule has 2 heterocycles. The number of benzene rings is 2. The maximum atomic E-state index is 13.3. The molecule has 2 aromatic carbocycles. The Morgan fingerprint density at radius 2 is 1.79 bits per heavy atom. The minimum absolute atomic E-state index is 0.105. The molecule has 0 atom stereocenters. The van der Waals surface area contributed by atoms with Gasteiger partial charge in [-0.05, 0) is 42.5 Å². The Hall–Kier alpha value is -1.87. The van der Waals surface area contributed by atoms with E-state index >= 15 is 0 Å². The SMILES string of the molecule is O=S(=O)(c1ccc(Br)cc1)c1nc(-c2cccc(Cl)c2)oc1N1CCOCC1. The zero-order valence-electron chi connectivity index (χ0n) is 14.6. The number of aromatic nitrogens is 1. The molecule has 1 aliphatic heterocycles. The number of hydrogen-bond acceptors (Lipinski definition) is 6. The van der Waals surface area contributed by atoms with E-state index in [4.69, 9.17) is 20.8 Å². The predicted molar refractivity (Wildman–Crippen MR) is 110 cm³/mol. The fourth-order valence-corrected chi connectivity index (χ4v) is 4.69. The summed E-state index contributed by atoms with van der Waals surface area (Å²) < 4.78 is 38.7. The fourth-order valence-electron chi connectivity index (χ4n) is 2.91. The highest BCUT2D eigenvalue weighted by Crippen LogP contribution is 2.35. The number of anilines is 1. The molecular weight excluding hydrogens is 468 g/mol. The Balaban J connectivity index is 1.85. The lowest BCUT2D eigenvalue weighted by molar-refractivity contribution is 0.120. The lowest BCUT2D eigenvalue weighted by atomic mass is 10.2. The molecule has 0 bridgehead atoms. The molecule has 0 aliphatic carbocycles. The molecule has 1 aromatic heterocycles. The van der Waals surface area contributed by atoms with Crippen LogP contribution in [0.4, 0.5) is 5.88 Å². The summed E-state index contributed by atoms with van der Waals surface area (Å²) in [5.74, 6) is 0.431. The van der Waals surface area contributed by atoms with Crippen LogP contribution in [0.25, 0.3) is 11.5 Å². The quantitative estimate of drug-likeness (QED) is 0.547. The van der Waals surface area contributed by atoms with Crippen LogP contribution in [0.15, 0.2) is 67.3 Å². The van der Waals surface area contributed by atoms with Crippen LogP contribution in [-0.4, -0.2) is 39.7 Å². The number of nitrogens with zero attached hydrogens (tertiary/aromatic N) is 2. The predicted octanol–water partition coefficient (Wildman–Crippen LogP) is 4.43. The number of ether oxygens (including phenoxy) is 1. The van der Waals surface area contributed by atoms with Gasteiger partial charge in [0, 0.05) is 28.1 Å². The molecule has 3 aromatic rings. The van der Waals surface area contributed by atoms with Gasteiger partial charge in [-0.15, -0.1) is 0 Å². The molecule has 0 spiro atoms. The summed E-state index contributed by atoms with van der Waals surface area (Å²) in [6.45, 7) is 2.02. The fraction of sp³-hybridized carbons (Fsp3) is 0.211. The number of oxazole rings is 1. The first-order valence-corrected chi connectivity index (χ1v) is 11.2. The summed E-state index contributed by atoms with van der Waals surface area (Å²) in [7, 11) is -3.87. The Bertz CT molecular complexity index is 1090. The molecule has 1 aliphatic rings. The lowest BCUT2D eigenvalue weighted by Crippen LogP contribution is -2.36. The van der Waals surface area contributed by atoms with Crippen LogP contribution in [-0.2, 0) is 14.6 Å². The van der Waals surface area contributed by atoms with E-state index in [1.807, 2.05) is 4.90 Å². The molecule has 0 unspecified atom stereocenters. The first-order chi connectivity index (χ1) is 13.4. The highest BCUT2D eigenvalue weighted by Gasteiger charge is 2.32. The third kappa shape index (κ3) is 3.82. The molecule has 0 saturated carbocycles. The maximum Gasteiger partial charge on any atom is 0.236 e. The summed E-state index contributed by atoms with van der Waals surface area (Å²) >= 11 is 9.39. The van der Waals surface area contributed by atoms with Gasteiger partial charge >= 0.3 is 0 Å². The van der Waals surface area contributed by atoms with Gasteiger partial charge in [0.15, 0.2) is 0 Å². The number of halogens is 2. The van der Waals surface area contributed by atoms with Crippen molar-refractivity contribution < 1.29 is 17.6 Å². The Kier molecular flexibility index (Phi) is 5.46. The number of morpholine rings is 1. The van der Waals surface area contributed by atoms with E-state index in [1.54, 1.807) is 36.4 Å². The zero-order chi connectivity index (χ0) is 19.7. The van der Waals surface area contributed by atoms with Crippen molar-refractivity contribution in [2.75, 3.05) is 31.2 Å². The average molecular weight is 484 g/mol. The van der Waals surface area contributed by atoms with E-state index in [0.29, 0.717) is 36.9 Å². The van der Waals surface area contributed by atoms with Crippen LogP contribution in [0, 0.1) is 0 Å². The molecular formula is C19H16BrClN2O4S. The van der Waals surface area contributed by atoms with Crippen molar-refractivity contribution in [1.82, 2.24) is 4.98 Å². The maximum absolute atomic E-state index is 13.3. The van der Waals surface area contributed by atoms with Gasteiger partial charge in [-0.2, -0.15) is 4.98 Å². The van der Waals surface area contributed by atoms with Crippen molar-refractivity contribution in [3.63, 3.8) is 0 Å². The van der Waals surface area contributed by atoms with Crippen LogP contribution >= 0.6 is 27.5 Å². The largest absolute Gasteiger partial charge is 0.419 e. The molecule has 146 valence electrons. The zero-order valence-corrected chi connectivity index (χ0v) is 17.8. The van der Waals surface area contributed by atoms with Crippen molar-refractivity contribution in [3.05, 3.63) is 58.0 Å². The number of hydrogen-bond donors (Lipinski definition) is 0. The van der Waals surface area contributed by atoms with Gasteiger partial charge in [-0.3, -0.25) is 0 Å². The molecule has 0 amide bonds. The Labute approximate surface area is 176 Å². The van der Waals surface area contributed by atoms with Gasteiger partial charge in [0.05, 0.1) is 18.1 Å². The van der Waals surface area contributed by atoms with Gasteiger partial charge in [0.2, 0.25) is 26.6 Å². The summed E-state index contributed by atoms with van der Waals surface area (Å²) in [5, 5.41) is 0.410. The second-order valence-electron chi connectivity index (χ2n) is 6.20. The second kappa shape index (κ2) is 7.87. The molecule has 28 heavy (non-hydrogen) atoms. The van der Waals surface area contributed by atoms with E-state index in [0.717, 1.165) is 4.47 Å². The molecule has 0 N–H and O–H groups in total. The van der Waals surface area contributed by atoms with Gasteiger partial charge in [-0.25, -0.2) is 8.42 Å². The van der Waals surface area contributed by atoms with Gasteiger partial charge in [-0.1, -0.05) is 33.6 Å². The molecule has 1 fully saturated rings. The molecule has 9 heteroatoms. The monoisotopic (exact) mass is 482 g/mol. The van der Waals surface area contributed by atoms with E-state index in [9.17, 15) is 8.42 Å². The topological polar surface area (TPSA) is 72.6 Å². The van der Waals surface area contributed by atoms with Gasteiger partial charge < -0.3 is 14.1 Å². The summed E-state index contributed by atoms with van der Waals surface area (Å²) in [6, 6.07) is 13.4. The van der Waals surface area contributed by atoms with E-state index in [-0.39, 0.29) is 21.7 Å². The van der Waals surface area contributed by atoms with Crippen LogP contribution < -0.4 is 4.90 Å². The van der Waals surface area contributed by atoms with Crippen molar-refractivity contribution in [2.24, 2.45) is 0 Å².